The van der Waals surface area contributed by atoms with Gasteiger partial charge < -0.3 is 5.32 Å². The van der Waals surface area contributed by atoms with Crippen LogP contribution in [0.1, 0.15) is 11.1 Å². The van der Waals surface area contributed by atoms with Crippen molar-refractivity contribution in [1.82, 2.24) is 4.31 Å². The number of aryl methyl sites for hydroxylation is 1. The molecule has 8 heteroatoms. The van der Waals surface area contributed by atoms with E-state index in [9.17, 15) is 13.2 Å². The highest BCUT2D eigenvalue weighted by Crippen LogP contribution is 2.21. The second kappa shape index (κ2) is 8.90. The van der Waals surface area contributed by atoms with Gasteiger partial charge in [0.2, 0.25) is 15.9 Å². The highest BCUT2D eigenvalue weighted by molar-refractivity contribution is 7.99. The average Bonchev–Trinajstić information content (AvgIpc) is 2.58. The zero-order valence-corrected chi connectivity index (χ0v) is 17.2. The monoisotopic (exact) mass is 412 g/mol. The highest BCUT2D eigenvalue weighted by atomic mass is 35.5. The molecule has 1 N–H and O–H groups in total. The van der Waals surface area contributed by atoms with Crippen LogP contribution in [0.25, 0.3) is 0 Å². The minimum absolute atomic E-state index is 0.132. The lowest BCUT2D eigenvalue weighted by molar-refractivity contribution is -0.113. The minimum Gasteiger partial charge on any atom is -0.325 e. The second-order valence-corrected chi connectivity index (χ2v) is 9.48. The molecular weight excluding hydrogens is 392 g/mol. The topological polar surface area (TPSA) is 66.5 Å². The van der Waals surface area contributed by atoms with Crippen molar-refractivity contribution >= 4 is 45.0 Å². The Hall–Kier alpha value is -1.54. The molecule has 26 heavy (non-hydrogen) atoms. The zero-order chi connectivity index (χ0) is 19.3. The first-order valence-electron chi connectivity index (χ1n) is 7.85. The van der Waals surface area contributed by atoms with E-state index in [0.717, 1.165) is 11.1 Å². The van der Waals surface area contributed by atoms with Crippen molar-refractivity contribution in [3.05, 3.63) is 58.6 Å². The molecule has 140 valence electrons. The van der Waals surface area contributed by atoms with Gasteiger partial charge in [0.1, 0.15) is 0 Å². The fourth-order valence-corrected chi connectivity index (χ4v) is 4.06. The SMILES string of the molecule is Cc1ccc(NC(=O)CSCc2cccc(S(=O)(=O)N(C)C)c2)cc1Cl. The van der Waals surface area contributed by atoms with Crippen LogP contribution < -0.4 is 5.32 Å². The summed E-state index contributed by atoms with van der Waals surface area (Å²) in [5, 5.41) is 3.41. The largest absolute Gasteiger partial charge is 0.325 e. The Bertz CT molecular complexity index is 899. The quantitative estimate of drug-likeness (QED) is 0.751. The number of hydrogen-bond acceptors (Lipinski definition) is 4. The standard InChI is InChI=1S/C18H21ClN2O3S2/c1-13-7-8-15(10-17(13)19)20-18(22)12-25-11-14-5-4-6-16(9-14)26(23,24)21(2)3/h4-10H,11-12H2,1-3H3,(H,20,22). The minimum atomic E-state index is -3.46. The first-order chi connectivity index (χ1) is 12.2. The molecule has 0 aliphatic rings. The summed E-state index contributed by atoms with van der Waals surface area (Å²) in [5.41, 5.74) is 2.46. The lowest BCUT2D eigenvalue weighted by atomic mass is 10.2. The maximum Gasteiger partial charge on any atom is 0.242 e. The molecular formula is C18H21ClN2O3S2. The van der Waals surface area contributed by atoms with Gasteiger partial charge in [0, 0.05) is 30.6 Å². The van der Waals surface area contributed by atoms with E-state index >= 15 is 0 Å². The summed E-state index contributed by atoms with van der Waals surface area (Å²) < 4.78 is 25.5. The van der Waals surface area contributed by atoms with E-state index in [1.807, 2.05) is 19.1 Å². The van der Waals surface area contributed by atoms with Crippen molar-refractivity contribution in [2.75, 3.05) is 25.2 Å². The predicted molar refractivity (Wildman–Crippen MR) is 108 cm³/mol. The van der Waals surface area contributed by atoms with Crippen LogP contribution in [0.2, 0.25) is 5.02 Å². The van der Waals surface area contributed by atoms with E-state index in [2.05, 4.69) is 5.32 Å². The molecule has 0 spiro atoms. The number of anilines is 1. The molecule has 0 bridgehead atoms. The number of thioether (sulfide) groups is 1. The number of amides is 1. The Morgan fingerprint density at radius 2 is 1.92 bits per heavy atom. The molecule has 0 fully saturated rings. The van der Waals surface area contributed by atoms with Crippen LogP contribution in [0.4, 0.5) is 5.69 Å². The Balaban J connectivity index is 1.91. The molecule has 0 aromatic heterocycles. The molecule has 0 atom stereocenters. The van der Waals surface area contributed by atoms with Crippen molar-refractivity contribution in [2.45, 2.75) is 17.6 Å². The van der Waals surface area contributed by atoms with Gasteiger partial charge in [-0.2, -0.15) is 0 Å². The molecule has 1 amide bonds. The number of halogens is 1. The van der Waals surface area contributed by atoms with Crippen LogP contribution in [0.3, 0.4) is 0 Å². The van der Waals surface area contributed by atoms with E-state index in [1.54, 1.807) is 30.3 Å². The molecule has 2 aromatic carbocycles. The zero-order valence-electron chi connectivity index (χ0n) is 14.8. The molecule has 0 aliphatic carbocycles. The lowest BCUT2D eigenvalue weighted by Crippen LogP contribution is -2.22. The van der Waals surface area contributed by atoms with Crippen molar-refractivity contribution in [3.8, 4) is 0 Å². The molecule has 0 unspecified atom stereocenters. The highest BCUT2D eigenvalue weighted by Gasteiger charge is 2.17. The van der Waals surface area contributed by atoms with Gasteiger partial charge in [-0.3, -0.25) is 4.79 Å². The smallest absolute Gasteiger partial charge is 0.242 e. The van der Waals surface area contributed by atoms with E-state index < -0.39 is 10.0 Å². The number of sulfonamides is 1. The second-order valence-electron chi connectivity index (χ2n) is 5.94. The van der Waals surface area contributed by atoms with Gasteiger partial charge in [-0.25, -0.2) is 12.7 Å². The number of benzene rings is 2. The van der Waals surface area contributed by atoms with Crippen LogP contribution in [-0.2, 0) is 20.6 Å². The van der Waals surface area contributed by atoms with Crippen molar-refractivity contribution < 1.29 is 13.2 Å². The Labute approximate surface area is 163 Å². The molecule has 0 radical (unpaired) electrons. The molecule has 0 saturated carbocycles. The number of nitrogens with one attached hydrogen (secondary N) is 1. The molecule has 2 rings (SSSR count). The number of carbonyl (C=O) groups excluding carboxylic acids is 1. The number of nitrogens with zero attached hydrogens (tertiary/aromatic N) is 1. The number of rotatable bonds is 7. The Morgan fingerprint density at radius 3 is 2.58 bits per heavy atom. The van der Waals surface area contributed by atoms with Crippen LogP contribution in [0, 0.1) is 6.92 Å². The van der Waals surface area contributed by atoms with Gasteiger partial charge in [-0.05, 0) is 42.3 Å². The fourth-order valence-electron chi connectivity index (χ4n) is 2.14. The maximum atomic E-state index is 12.2. The molecule has 5 nitrogen and oxygen atoms in total. The van der Waals surface area contributed by atoms with Crippen LogP contribution in [-0.4, -0.2) is 38.5 Å². The van der Waals surface area contributed by atoms with Gasteiger partial charge in [0.15, 0.2) is 0 Å². The summed E-state index contributed by atoms with van der Waals surface area (Å²) in [6.07, 6.45) is 0. The van der Waals surface area contributed by atoms with Gasteiger partial charge in [0.05, 0.1) is 10.6 Å². The Kier molecular flexibility index (Phi) is 7.11. The third kappa shape index (κ3) is 5.48. The normalized spacial score (nSPS) is 11.6. The van der Waals surface area contributed by atoms with Crippen LogP contribution >= 0.6 is 23.4 Å². The van der Waals surface area contributed by atoms with E-state index in [4.69, 9.17) is 11.6 Å². The first-order valence-corrected chi connectivity index (χ1v) is 10.8. The van der Waals surface area contributed by atoms with Crippen LogP contribution in [0.5, 0.6) is 0 Å². The summed E-state index contributed by atoms with van der Waals surface area (Å²) in [5.74, 6) is 0.668. The third-order valence-electron chi connectivity index (χ3n) is 3.63. The maximum absolute atomic E-state index is 12.2. The lowest BCUT2D eigenvalue weighted by Gasteiger charge is -2.12. The molecule has 0 aliphatic heterocycles. The predicted octanol–water partition coefficient (Wildman–Crippen LogP) is 3.77. The van der Waals surface area contributed by atoms with Crippen molar-refractivity contribution in [2.24, 2.45) is 0 Å². The van der Waals surface area contributed by atoms with Gasteiger partial charge >= 0.3 is 0 Å². The van der Waals surface area contributed by atoms with Gasteiger partial charge in [0.25, 0.3) is 0 Å². The van der Waals surface area contributed by atoms with Crippen molar-refractivity contribution in [1.29, 1.82) is 0 Å². The van der Waals surface area contributed by atoms with E-state index in [0.29, 0.717) is 16.5 Å². The van der Waals surface area contributed by atoms with E-state index in [-0.39, 0.29) is 16.6 Å². The summed E-state index contributed by atoms with van der Waals surface area (Å²) in [6, 6.07) is 12.1. The number of hydrogen-bond donors (Lipinski definition) is 1. The summed E-state index contributed by atoms with van der Waals surface area (Å²) in [4.78, 5) is 12.3. The van der Waals surface area contributed by atoms with E-state index in [1.165, 1.54) is 30.2 Å². The van der Waals surface area contributed by atoms with Gasteiger partial charge in [-0.15, -0.1) is 11.8 Å². The van der Waals surface area contributed by atoms with Crippen LogP contribution in [0.15, 0.2) is 47.4 Å². The van der Waals surface area contributed by atoms with Gasteiger partial charge in [-0.1, -0.05) is 29.8 Å². The summed E-state index contributed by atoms with van der Waals surface area (Å²) in [6.45, 7) is 1.90. The van der Waals surface area contributed by atoms with Crippen molar-refractivity contribution in [3.63, 3.8) is 0 Å². The first kappa shape index (κ1) is 20.8. The summed E-state index contributed by atoms with van der Waals surface area (Å²) >= 11 is 7.46. The molecule has 0 heterocycles. The molecule has 2 aromatic rings. The Morgan fingerprint density at radius 1 is 1.19 bits per heavy atom. The molecule has 0 saturated heterocycles. The third-order valence-corrected chi connectivity index (χ3v) is 6.86. The number of carbonyl (C=O) groups is 1. The summed E-state index contributed by atoms with van der Waals surface area (Å²) in [7, 11) is -0.460. The average molecular weight is 413 g/mol. The fraction of sp³-hybridized carbons (Fsp3) is 0.278.